The highest BCUT2D eigenvalue weighted by Crippen LogP contribution is 2.23. The summed E-state index contributed by atoms with van der Waals surface area (Å²) in [5.41, 5.74) is 0.926. The van der Waals surface area contributed by atoms with Gasteiger partial charge in [0.25, 0.3) is 0 Å². The lowest BCUT2D eigenvalue weighted by atomic mass is 10.2. The van der Waals surface area contributed by atoms with E-state index in [2.05, 4.69) is 24.4 Å². The molecule has 0 spiro atoms. The highest BCUT2D eigenvalue weighted by atomic mass is 16.3. The number of hydrogen-bond acceptors (Lipinski definition) is 3. The van der Waals surface area contributed by atoms with Crippen molar-refractivity contribution in [2.45, 2.75) is 38.8 Å². The van der Waals surface area contributed by atoms with Crippen molar-refractivity contribution in [1.82, 2.24) is 5.32 Å². The van der Waals surface area contributed by atoms with Crippen molar-refractivity contribution in [1.29, 1.82) is 0 Å². The van der Waals surface area contributed by atoms with E-state index in [1.54, 1.807) is 0 Å². The zero-order valence-corrected chi connectivity index (χ0v) is 11.0. The van der Waals surface area contributed by atoms with E-state index in [1.165, 1.54) is 0 Å². The summed E-state index contributed by atoms with van der Waals surface area (Å²) < 4.78 is 5.79. The Morgan fingerprint density at radius 3 is 2.83 bits per heavy atom. The minimum absolute atomic E-state index is 0.168. The topological polar surface area (TPSA) is 45.4 Å². The van der Waals surface area contributed by atoms with E-state index in [9.17, 15) is 5.11 Å². The van der Waals surface area contributed by atoms with E-state index in [0.717, 1.165) is 36.1 Å². The van der Waals surface area contributed by atoms with Crippen LogP contribution in [0.5, 0.6) is 0 Å². The third-order valence-electron chi connectivity index (χ3n) is 3.27. The maximum atomic E-state index is 9.49. The van der Waals surface area contributed by atoms with Crippen molar-refractivity contribution in [3.8, 4) is 0 Å². The van der Waals surface area contributed by atoms with Gasteiger partial charge in [0, 0.05) is 5.39 Å². The monoisotopic (exact) mass is 247 g/mol. The molecule has 3 heteroatoms. The smallest absolute Gasteiger partial charge is 0.134 e. The highest BCUT2D eigenvalue weighted by molar-refractivity contribution is 5.77. The second kappa shape index (κ2) is 6.03. The molecule has 0 aliphatic carbocycles. The lowest BCUT2D eigenvalue weighted by Crippen LogP contribution is -2.23. The van der Waals surface area contributed by atoms with E-state index >= 15 is 0 Å². The number of furan rings is 1. The largest absolute Gasteiger partial charge is 0.459 e. The maximum absolute atomic E-state index is 9.49. The molecule has 1 aromatic heterocycles. The average Bonchev–Trinajstić information content (AvgIpc) is 2.82. The first-order valence-electron chi connectivity index (χ1n) is 6.60. The van der Waals surface area contributed by atoms with Crippen molar-refractivity contribution in [3.63, 3.8) is 0 Å². The minimum Gasteiger partial charge on any atom is -0.459 e. The SMILES string of the molecule is CCC(O)CCNC(C)c1cc2ccccc2o1. The van der Waals surface area contributed by atoms with Crippen LogP contribution in [0.3, 0.4) is 0 Å². The normalized spacial score (nSPS) is 14.8. The fourth-order valence-corrected chi connectivity index (χ4v) is 1.99. The predicted octanol–water partition coefficient (Wildman–Crippen LogP) is 3.24. The van der Waals surface area contributed by atoms with Crippen LogP contribution in [0.25, 0.3) is 11.0 Å². The Morgan fingerprint density at radius 2 is 2.11 bits per heavy atom. The summed E-state index contributed by atoms with van der Waals surface area (Å²) in [6.07, 6.45) is 1.38. The molecular formula is C15H21NO2. The maximum Gasteiger partial charge on any atom is 0.134 e. The van der Waals surface area contributed by atoms with Gasteiger partial charge >= 0.3 is 0 Å². The van der Waals surface area contributed by atoms with Crippen molar-refractivity contribution in [3.05, 3.63) is 36.1 Å². The van der Waals surface area contributed by atoms with Gasteiger partial charge < -0.3 is 14.8 Å². The standard InChI is InChI=1S/C15H21NO2/c1-3-13(17)8-9-16-11(2)15-10-12-6-4-5-7-14(12)18-15/h4-7,10-11,13,16-17H,3,8-9H2,1-2H3. The molecule has 1 aromatic carbocycles. The Hall–Kier alpha value is -1.32. The van der Waals surface area contributed by atoms with Crippen LogP contribution in [-0.4, -0.2) is 17.8 Å². The van der Waals surface area contributed by atoms with E-state index < -0.39 is 0 Å². The number of para-hydroxylation sites is 1. The summed E-state index contributed by atoms with van der Waals surface area (Å²) in [5.74, 6) is 0.946. The molecule has 2 aromatic rings. The van der Waals surface area contributed by atoms with Crippen LogP contribution in [0.15, 0.2) is 34.7 Å². The lowest BCUT2D eigenvalue weighted by Gasteiger charge is -2.13. The van der Waals surface area contributed by atoms with Crippen LogP contribution < -0.4 is 5.32 Å². The second-order valence-corrected chi connectivity index (χ2v) is 4.71. The van der Waals surface area contributed by atoms with Crippen molar-refractivity contribution in [2.75, 3.05) is 6.54 Å². The Labute approximate surface area is 108 Å². The number of benzene rings is 1. The fourth-order valence-electron chi connectivity index (χ4n) is 1.99. The van der Waals surface area contributed by atoms with Crippen LogP contribution >= 0.6 is 0 Å². The van der Waals surface area contributed by atoms with Crippen LogP contribution in [0.4, 0.5) is 0 Å². The molecule has 18 heavy (non-hydrogen) atoms. The summed E-state index contributed by atoms with van der Waals surface area (Å²) in [7, 11) is 0. The van der Waals surface area contributed by atoms with Crippen LogP contribution in [0.2, 0.25) is 0 Å². The average molecular weight is 247 g/mol. The van der Waals surface area contributed by atoms with Gasteiger partial charge in [-0.2, -0.15) is 0 Å². The molecule has 0 bridgehead atoms. The molecule has 1 heterocycles. The third kappa shape index (κ3) is 3.12. The van der Waals surface area contributed by atoms with Gasteiger partial charge in [-0.3, -0.25) is 0 Å². The third-order valence-corrected chi connectivity index (χ3v) is 3.27. The van der Waals surface area contributed by atoms with Gasteiger partial charge in [-0.15, -0.1) is 0 Å². The molecule has 98 valence electrons. The molecular weight excluding hydrogens is 226 g/mol. The summed E-state index contributed by atoms with van der Waals surface area (Å²) in [5, 5.41) is 14.0. The van der Waals surface area contributed by atoms with Crippen molar-refractivity contribution in [2.24, 2.45) is 0 Å². The first-order valence-corrected chi connectivity index (χ1v) is 6.60. The molecule has 2 rings (SSSR count). The molecule has 0 radical (unpaired) electrons. The molecule has 3 nitrogen and oxygen atoms in total. The Morgan fingerprint density at radius 1 is 1.33 bits per heavy atom. The van der Waals surface area contributed by atoms with E-state index in [-0.39, 0.29) is 12.1 Å². The zero-order chi connectivity index (χ0) is 13.0. The van der Waals surface area contributed by atoms with Crippen molar-refractivity contribution < 1.29 is 9.52 Å². The molecule has 0 fully saturated rings. The van der Waals surface area contributed by atoms with Gasteiger partial charge in [-0.25, -0.2) is 0 Å². The molecule has 2 atom stereocenters. The quantitative estimate of drug-likeness (QED) is 0.823. The summed E-state index contributed by atoms with van der Waals surface area (Å²) >= 11 is 0. The van der Waals surface area contributed by atoms with Gasteiger partial charge in [0.1, 0.15) is 11.3 Å². The van der Waals surface area contributed by atoms with E-state index in [1.807, 2.05) is 25.1 Å². The molecule has 2 unspecified atom stereocenters. The predicted molar refractivity (Wildman–Crippen MR) is 73.5 cm³/mol. The molecule has 2 N–H and O–H groups in total. The minimum atomic E-state index is -0.208. The highest BCUT2D eigenvalue weighted by Gasteiger charge is 2.11. The number of aliphatic hydroxyl groups excluding tert-OH is 1. The molecule has 0 saturated heterocycles. The Bertz CT molecular complexity index is 459. The van der Waals surface area contributed by atoms with E-state index in [4.69, 9.17) is 4.42 Å². The number of aliphatic hydroxyl groups is 1. The lowest BCUT2D eigenvalue weighted by molar-refractivity contribution is 0.158. The molecule has 0 aliphatic heterocycles. The van der Waals surface area contributed by atoms with Gasteiger partial charge in [0.15, 0.2) is 0 Å². The number of nitrogens with one attached hydrogen (secondary N) is 1. The van der Waals surface area contributed by atoms with Crippen LogP contribution in [-0.2, 0) is 0 Å². The van der Waals surface area contributed by atoms with Crippen LogP contribution in [0.1, 0.15) is 38.5 Å². The van der Waals surface area contributed by atoms with Gasteiger partial charge in [-0.05, 0) is 38.4 Å². The van der Waals surface area contributed by atoms with Gasteiger partial charge in [0.05, 0.1) is 12.1 Å². The first kappa shape index (κ1) is 13.1. The zero-order valence-electron chi connectivity index (χ0n) is 11.0. The molecule has 0 aliphatic rings. The fraction of sp³-hybridized carbons (Fsp3) is 0.467. The van der Waals surface area contributed by atoms with Crippen LogP contribution in [0, 0.1) is 0 Å². The molecule has 0 amide bonds. The van der Waals surface area contributed by atoms with E-state index in [0.29, 0.717) is 0 Å². The first-order chi connectivity index (χ1) is 8.70. The Balaban J connectivity index is 1.94. The van der Waals surface area contributed by atoms with Gasteiger partial charge in [-0.1, -0.05) is 25.1 Å². The second-order valence-electron chi connectivity index (χ2n) is 4.71. The number of hydrogen-bond donors (Lipinski definition) is 2. The number of fused-ring (bicyclic) bond motifs is 1. The summed E-state index contributed by atoms with van der Waals surface area (Å²) in [6, 6.07) is 10.3. The summed E-state index contributed by atoms with van der Waals surface area (Å²) in [4.78, 5) is 0. The molecule has 0 saturated carbocycles. The van der Waals surface area contributed by atoms with Crippen molar-refractivity contribution >= 4 is 11.0 Å². The number of rotatable bonds is 6. The summed E-state index contributed by atoms with van der Waals surface area (Å²) in [6.45, 7) is 4.87. The van der Waals surface area contributed by atoms with Gasteiger partial charge in [0.2, 0.25) is 0 Å². The Kier molecular flexibility index (Phi) is 4.39.